The summed E-state index contributed by atoms with van der Waals surface area (Å²) in [7, 11) is 1.89. The number of halogens is 1. The Morgan fingerprint density at radius 3 is 3.00 bits per heavy atom. The van der Waals surface area contributed by atoms with E-state index in [0.29, 0.717) is 6.54 Å². The molecule has 0 fully saturated rings. The van der Waals surface area contributed by atoms with E-state index in [1.165, 1.54) is 0 Å². The van der Waals surface area contributed by atoms with Crippen molar-refractivity contribution in [1.82, 2.24) is 4.90 Å². The molecule has 0 atom stereocenters. The Morgan fingerprint density at radius 2 is 2.50 bits per heavy atom. The molecule has 1 rings (SSSR count). The Balaban J connectivity index is 2.47. The van der Waals surface area contributed by atoms with E-state index in [9.17, 15) is 0 Å². The lowest BCUT2D eigenvalue weighted by atomic mass is 10.3. The number of furan rings is 1. The minimum atomic E-state index is 0.433. The van der Waals surface area contributed by atoms with Gasteiger partial charge in [0.05, 0.1) is 18.9 Å². The van der Waals surface area contributed by atoms with E-state index in [-0.39, 0.29) is 0 Å². The van der Waals surface area contributed by atoms with Crippen molar-refractivity contribution in [3.8, 4) is 6.07 Å². The fourth-order valence-corrected chi connectivity index (χ4v) is 1.30. The van der Waals surface area contributed by atoms with Gasteiger partial charge in [-0.25, -0.2) is 0 Å². The minimum Gasteiger partial charge on any atom is -0.457 e. The average molecular weight is 229 g/mol. The molecule has 0 bridgehead atoms. The Kier molecular flexibility index (Phi) is 3.32. The van der Waals surface area contributed by atoms with E-state index in [1.54, 1.807) is 6.26 Å². The van der Waals surface area contributed by atoms with Crippen molar-refractivity contribution in [3.63, 3.8) is 0 Å². The van der Waals surface area contributed by atoms with Gasteiger partial charge in [-0.1, -0.05) is 0 Å². The Bertz CT molecular complexity index is 289. The van der Waals surface area contributed by atoms with Crippen molar-refractivity contribution in [1.29, 1.82) is 5.26 Å². The fourth-order valence-electron chi connectivity index (χ4n) is 0.917. The van der Waals surface area contributed by atoms with Gasteiger partial charge in [0, 0.05) is 12.1 Å². The van der Waals surface area contributed by atoms with Crippen molar-refractivity contribution in [2.24, 2.45) is 0 Å². The molecule has 1 aromatic heterocycles. The van der Waals surface area contributed by atoms with Crippen molar-refractivity contribution >= 4 is 15.9 Å². The molecule has 1 heterocycles. The van der Waals surface area contributed by atoms with Crippen LogP contribution in [0.4, 0.5) is 0 Å². The molecule has 0 radical (unpaired) electrons. The summed E-state index contributed by atoms with van der Waals surface area (Å²) in [4.78, 5) is 1.91. The predicted octanol–water partition coefficient (Wildman–Crippen LogP) is 2.00. The molecule has 0 aromatic carbocycles. The quantitative estimate of drug-likeness (QED) is 0.744. The van der Waals surface area contributed by atoms with Crippen LogP contribution in [-0.2, 0) is 6.54 Å². The summed E-state index contributed by atoms with van der Waals surface area (Å²) >= 11 is 3.21. The van der Waals surface area contributed by atoms with Crippen LogP contribution in [0.15, 0.2) is 21.4 Å². The van der Waals surface area contributed by atoms with Gasteiger partial charge in [0.2, 0.25) is 0 Å². The van der Waals surface area contributed by atoms with Crippen LogP contribution in [0, 0.1) is 11.3 Å². The van der Waals surface area contributed by atoms with E-state index < -0.39 is 0 Å². The highest BCUT2D eigenvalue weighted by atomic mass is 79.9. The molecule has 0 amide bonds. The molecule has 64 valence electrons. The van der Waals surface area contributed by atoms with Gasteiger partial charge in [0.15, 0.2) is 4.67 Å². The first-order chi connectivity index (χ1) is 5.72. The van der Waals surface area contributed by atoms with Crippen LogP contribution in [0.3, 0.4) is 0 Å². The molecule has 3 nitrogen and oxygen atoms in total. The summed E-state index contributed by atoms with van der Waals surface area (Å²) in [5, 5.41) is 8.40. The monoisotopic (exact) mass is 228 g/mol. The van der Waals surface area contributed by atoms with Gasteiger partial charge < -0.3 is 4.42 Å². The van der Waals surface area contributed by atoms with Crippen LogP contribution < -0.4 is 0 Å². The van der Waals surface area contributed by atoms with Gasteiger partial charge in [-0.15, -0.1) is 0 Å². The van der Waals surface area contributed by atoms with Crippen molar-refractivity contribution in [3.05, 3.63) is 22.6 Å². The molecule has 1 aromatic rings. The second-order valence-corrected chi connectivity index (χ2v) is 3.37. The Hall–Kier alpha value is -0.790. The number of rotatable bonds is 3. The average Bonchev–Trinajstić information content (AvgIpc) is 2.36. The van der Waals surface area contributed by atoms with Crippen LogP contribution >= 0.6 is 15.9 Å². The summed E-state index contributed by atoms with van der Waals surface area (Å²) < 4.78 is 5.78. The van der Waals surface area contributed by atoms with Crippen LogP contribution in [-0.4, -0.2) is 18.5 Å². The summed E-state index contributed by atoms with van der Waals surface area (Å²) in [5.74, 6) is 0. The molecule has 0 saturated carbocycles. The molecular formula is C8H9BrN2O. The van der Waals surface area contributed by atoms with E-state index >= 15 is 0 Å². The predicted molar refractivity (Wildman–Crippen MR) is 48.4 cm³/mol. The lowest BCUT2D eigenvalue weighted by Crippen LogP contribution is -2.17. The lowest BCUT2D eigenvalue weighted by Gasteiger charge is -2.09. The van der Waals surface area contributed by atoms with Gasteiger partial charge in [-0.2, -0.15) is 5.26 Å². The fraction of sp³-hybridized carbons (Fsp3) is 0.375. The van der Waals surface area contributed by atoms with Crippen molar-refractivity contribution in [2.75, 3.05) is 13.6 Å². The molecular weight excluding hydrogens is 220 g/mol. The molecule has 0 aliphatic heterocycles. The molecule has 4 heteroatoms. The van der Waals surface area contributed by atoms with Crippen LogP contribution in [0.5, 0.6) is 0 Å². The van der Waals surface area contributed by atoms with E-state index in [0.717, 1.165) is 16.8 Å². The van der Waals surface area contributed by atoms with Crippen LogP contribution in [0.1, 0.15) is 5.56 Å². The SMILES string of the molecule is CN(CC#N)Cc1coc(Br)c1. The standard InChI is InChI=1S/C8H9BrN2O/c1-11(3-2-10)5-7-4-8(9)12-6-7/h4,6H,3,5H2,1H3. The zero-order valence-corrected chi connectivity index (χ0v) is 8.34. The zero-order valence-electron chi connectivity index (χ0n) is 6.75. The number of hydrogen-bond acceptors (Lipinski definition) is 3. The first-order valence-corrected chi connectivity index (χ1v) is 4.30. The minimum absolute atomic E-state index is 0.433. The molecule has 12 heavy (non-hydrogen) atoms. The first-order valence-electron chi connectivity index (χ1n) is 3.51. The highest BCUT2D eigenvalue weighted by molar-refractivity contribution is 9.10. The third-order valence-electron chi connectivity index (χ3n) is 1.41. The maximum Gasteiger partial charge on any atom is 0.169 e. The summed E-state index contributed by atoms with van der Waals surface area (Å²) in [6, 6.07) is 3.97. The third-order valence-corrected chi connectivity index (χ3v) is 1.83. The molecule has 0 spiro atoms. The maximum atomic E-state index is 8.40. The number of hydrogen-bond donors (Lipinski definition) is 0. The Labute approximate surface area is 79.7 Å². The zero-order chi connectivity index (χ0) is 8.97. The smallest absolute Gasteiger partial charge is 0.169 e. The Morgan fingerprint density at radius 1 is 1.75 bits per heavy atom. The van der Waals surface area contributed by atoms with E-state index in [2.05, 4.69) is 22.0 Å². The van der Waals surface area contributed by atoms with Crippen LogP contribution in [0.2, 0.25) is 0 Å². The van der Waals surface area contributed by atoms with Gasteiger partial charge in [0.1, 0.15) is 0 Å². The van der Waals surface area contributed by atoms with Gasteiger partial charge in [-0.05, 0) is 29.0 Å². The summed E-state index contributed by atoms with van der Waals surface area (Å²) in [5.41, 5.74) is 1.07. The molecule has 0 aliphatic carbocycles. The molecule has 0 saturated heterocycles. The van der Waals surface area contributed by atoms with Gasteiger partial charge in [-0.3, -0.25) is 4.90 Å². The first kappa shape index (κ1) is 9.30. The normalized spacial score (nSPS) is 10.2. The topological polar surface area (TPSA) is 40.2 Å². The molecule has 0 aliphatic rings. The molecule has 0 unspecified atom stereocenters. The third kappa shape index (κ3) is 2.68. The van der Waals surface area contributed by atoms with Crippen molar-refractivity contribution < 1.29 is 4.42 Å². The summed E-state index contributed by atoms with van der Waals surface area (Å²) in [6.45, 7) is 1.17. The van der Waals surface area contributed by atoms with E-state index in [1.807, 2.05) is 18.0 Å². The lowest BCUT2D eigenvalue weighted by molar-refractivity contribution is 0.365. The molecule has 0 N–H and O–H groups in total. The number of nitrogens with zero attached hydrogens (tertiary/aromatic N) is 2. The maximum absolute atomic E-state index is 8.40. The van der Waals surface area contributed by atoms with Gasteiger partial charge >= 0.3 is 0 Å². The van der Waals surface area contributed by atoms with Crippen LogP contribution in [0.25, 0.3) is 0 Å². The van der Waals surface area contributed by atoms with Crippen molar-refractivity contribution in [2.45, 2.75) is 6.54 Å². The second kappa shape index (κ2) is 4.29. The van der Waals surface area contributed by atoms with E-state index in [4.69, 9.17) is 9.68 Å². The highest BCUT2D eigenvalue weighted by Crippen LogP contribution is 2.14. The number of nitriles is 1. The summed E-state index contributed by atoms with van der Waals surface area (Å²) in [6.07, 6.45) is 1.68. The largest absolute Gasteiger partial charge is 0.457 e. The van der Waals surface area contributed by atoms with Gasteiger partial charge in [0.25, 0.3) is 0 Å². The second-order valence-electron chi connectivity index (χ2n) is 2.59. The highest BCUT2D eigenvalue weighted by Gasteiger charge is 2.02.